The van der Waals surface area contributed by atoms with E-state index in [0.29, 0.717) is 12.8 Å². The average molecular weight is 664 g/mol. The second kappa shape index (κ2) is 39.6. The maximum atomic E-state index is 12.4. The predicted molar refractivity (Wildman–Crippen MR) is 207 cm³/mol. The predicted octanol–water partition coefficient (Wildman–Crippen LogP) is 13.1. The molecule has 0 aliphatic carbocycles. The molecule has 3 N–H and O–H groups in total. The fraction of sp³-hybridized carbons (Fsp3) is 0.930. The highest BCUT2D eigenvalue weighted by atomic mass is 16.3. The zero-order chi connectivity index (χ0) is 34.3. The summed E-state index contributed by atoms with van der Waals surface area (Å²) in [6.45, 7) is 4.34. The Hall–Kier alpha value is -0.870. The smallest absolute Gasteiger partial charge is 0.220 e. The van der Waals surface area contributed by atoms with Crippen molar-refractivity contribution in [3.05, 3.63) is 12.2 Å². The molecule has 0 aromatic carbocycles. The van der Waals surface area contributed by atoms with E-state index in [0.717, 1.165) is 19.3 Å². The lowest BCUT2D eigenvalue weighted by atomic mass is 10.0. The van der Waals surface area contributed by atoms with Gasteiger partial charge >= 0.3 is 0 Å². The molecule has 4 heteroatoms. The van der Waals surface area contributed by atoms with E-state index in [1.807, 2.05) is 6.08 Å². The summed E-state index contributed by atoms with van der Waals surface area (Å²) < 4.78 is 0. The molecule has 0 aliphatic heterocycles. The molecule has 0 radical (unpaired) electrons. The summed E-state index contributed by atoms with van der Waals surface area (Å²) in [4.78, 5) is 12.4. The van der Waals surface area contributed by atoms with Gasteiger partial charge in [0.15, 0.2) is 0 Å². The van der Waals surface area contributed by atoms with Crippen LogP contribution in [0.1, 0.15) is 239 Å². The van der Waals surface area contributed by atoms with Crippen LogP contribution in [0.5, 0.6) is 0 Å². The van der Waals surface area contributed by atoms with Gasteiger partial charge in [0.05, 0.1) is 18.8 Å². The van der Waals surface area contributed by atoms with E-state index < -0.39 is 12.1 Å². The molecule has 47 heavy (non-hydrogen) atoms. The normalized spacial score (nSPS) is 13.0. The molecule has 0 unspecified atom stereocenters. The number of hydrogen-bond donors (Lipinski definition) is 3. The van der Waals surface area contributed by atoms with E-state index in [4.69, 9.17) is 0 Å². The standard InChI is InChI=1S/C43H85NO3/c1-3-5-7-9-11-13-15-17-18-19-20-21-22-23-24-25-27-29-31-33-35-37-39-43(47)44-41(40-45)42(46)38-36-34-32-30-28-26-16-14-12-10-8-6-4-2/h34,36,41-42,45-46H,3-33,35,37-40H2,1-2H3,(H,44,47)/t41-,42+/m0/s1. The van der Waals surface area contributed by atoms with E-state index >= 15 is 0 Å². The minimum atomic E-state index is -0.738. The molecular formula is C43H85NO3. The topological polar surface area (TPSA) is 69.6 Å². The molecule has 0 aromatic heterocycles. The zero-order valence-electron chi connectivity index (χ0n) is 32.1. The minimum Gasteiger partial charge on any atom is -0.394 e. The number of allylic oxidation sites excluding steroid dienone is 1. The molecule has 4 nitrogen and oxygen atoms in total. The molecule has 0 heterocycles. The first kappa shape index (κ1) is 46.1. The molecule has 0 rings (SSSR count). The number of carbonyl (C=O) groups excluding carboxylic acids is 1. The molecule has 0 saturated heterocycles. The number of unbranched alkanes of at least 4 members (excludes halogenated alkanes) is 31. The Bertz CT molecular complexity index is 637. The van der Waals surface area contributed by atoms with Crippen LogP contribution in [-0.2, 0) is 4.79 Å². The number of aliphatic hydroxyl groups excluding tert-OH is 2. The van der Waals surface area contributed by atoms with E-state index in [1.54, 1.807) is 0 Å². The summed E-state index contributed by atoms with van der Waals surface area (Å²) in [5.41, 5.74) is 0. The Morgan fingerprint density at radius 2 is 0.809 bits per heavy atom. The number of aliphatic hydroxyl groups is 2. The molecular weight excluding hydrogens is 578 g/mol. The maximum absolute atomic E-state index is 12.4. The number of carbonyl (C=O) groups is 1. The van der Waals surface area contributed by atoms with Gasteiger partial charge in [-0.3, -0.25) is 4.79 Å². The van der Waals surface area contributed by atoms with Gasteiger partial charge < -0.3 is 15.5 Å². The van der Waals surface area contributed by atoms with Gasteiger partial charge in [-0.1, -0.05) is 219 Å². The monoisotopic (exact) mass is 664 g/mol. The van der Waals surface area contributed by atoms with E-state index in [-0.39, 0.29) is 12.5 Å². The first-order valence-corrected chi connectivity index (χ1v) is 21.4. The van der Waals surface area contributed by atoms with Gasteiger partial charge in [0.25, 0.3) is 0 Å². The first-order chi connectivity index (χ1) is 23.2. The van der Waals surface area contributed by atoms with Crippen molar-refractivity contribution in [1.29, 1.82) is 0 Å². The fourth-order valence-corrected chi connectivity index (χ4v) is 6.70. The quantitative estimate of drug-likeness (QED) is 0.0453. The van der Waals surface area contributed by atoms with E-state index in [2.05, 4.69) is 25.2 Å². The van der Waals surface area contributed by atoms with Crippen LogP contribution < -0.4 is 5.32 Å². The lowest BCUT2D eigenvalue weighted by Crippen LogP contribution is -2.45. The van der Waals surface area contributed by atoms with Crippen LogP contribution >= 0.6 is 0 Å². The van der Waals surface area contributed by atoms with Gasteiger partial charge in [0.2, 0.25) is 5.91 Å². The third-order valence-electron chi connectivity index (χ3n) is 10.0. The first-order valence-electron chi connectivity index (χ1n) is 21.4. The third kappa shape index (κ3) is 36.2. The summed E-state index contributed by atoms with van der Waals surface area (Å²) in [6.07, 6.45) is 48.7. The number of nitrogens with one attached hydrogen (secondary N) is 1. The van der Waals surface area contributed by atoms with Crippen LogP contribution in [0, 0.1) is 0 Å². The summed E-state index contributed by atoms with van der Waals surface area (Å²) in [6, 6.07) is -0.579. The van der Waals surface area contributed by atoms with Crippen LogP contribution in [0.2, 0.25) is 0 Å². The van der Waals surface area contributed by atoms with Crippen LogP contribution in [-0.4, -0.2) is 34.9 Å². The highest BCUT2D eigenvalue weighted by Crippen LogP contribution is 2.16. The molecule has 0 saturated carbocycles. The largest absolute Gasteiger partial charge is 0.394 e. The lowest BCUT2D eigenvalue weighted by molar-refractivity contribution is -0.123. The van der Waals surface area contributed by atoms with Gasteiger partial charge in [0, 0.05) is 6.42 Å². The Morgan fingerprint density at radius 3 is 1.15 bits per heavy atom. The van der Waals surface area contributed by atoms with Gasteiger partial charge in [-0.05, 0) is 25.7 Å². The van der Waals surface area contributed by atoms with Crippen LogP contribution in [0.4, 0.5) is 0 Å². The number of rotatable bonds is 39. The summed E-state index contributed by atoms with van der Waals surface area (Å²) in [5, 5.41) is 23.0. The van der Waals surface area contributed by atoms with Crippen LogP contribution in [0.3, 0.4) is 0 Å². The summed E-state index contributed by atoms with van der Waals surface area (Å²) >= 11 is 0. The Balaban J connectivity index is 3.49. The third-order valence-corrected chi connectivity index (χ3v) is 10.0. The second-order valence-electron chi connectivity index (χ2n) is 14.8. The zero-order valence-corrected chi connectivity index (χ0v) is 32.1. The molecule has 0 aromatic rings. The van der Waals surface area contributed by atoms with Gasteiger partial charge in [-0.25, -0.2) is 0 Å². The van der Waals surface area contributed by atoms with Crippen molar-refractivity contribution in [2.24, 2.45) is 0 Å². The lowest BCUT2D eigenvalue weighted by Gasteiger charge is -2.21. The van der Waals surface area contributed by atoms with Gasteiger partial charge in [-0.2, -0.15) is 0 Å². The molecule has 2 atom stereocenters. The van der Waals surface area contributed by atoms with Crippen molar-refractivity contribution in [3.63, 3.8) is 0 Å². The van der Waals surface area contributed by atoms with E-state index in [1.165, 1.54) is 193 Å². The van der Waals surface area contributed by atoms with Crippen molar-refractivity contribution < 1.29 is 15.0 Å². The Kier molecular flexibility index (Phi) is 38.8. The van der Waals surface area contributed by atoms with Crippen LogP contribution in [0.25, 0.3) is 0 Å². The van der Waals surface area contributed by atoms with Gasteiger partial charge in [-0.15, -0.1) is 0 Å². The second-order valence-corrected chi connectivity index (χ2v) is 14.8. The van der Waals surface area contributed by atoms with E-state index in [9.17, 15) is 15.0 Å². The average Bonchev–Trinajstić information content (AvgIpc) is 3.07. The molecule has 280 valence electrons. The molecule has 0 fully saturated rings. The molecule has 0 aliphatic rings. The van der Waals surface area contributed by atoms with Crippen molar-refractivity contribution in [1.82, 2.24) is 5.32 Å². The SMILES string of the molecule is CCCCCCCCCCCCC=CC[C@@H](O)[C@H](CO)NC(=O)CCCCCCCCCCCCCCCCCCCCCCCC. The molecule has 0 spiro atoms. The van der Waals surface area contributed by atoms with Crippen molar-refractivity contribution >= 4 is 5.91 Å². The van der Waals surface area contributed by atoms with Crippen molar-refractivity contribution in [2.75, 3.05) is 6.61 Å². The highest BCUT2D eigenvalue weighted by Gasteiger charge is 2.19. The Morgan fingerprint density at radius 1 is 0.489 bits per heavy atom. The number of hydrogen-bond acceptors (Lipinski definition) is 3. The van der Waals surface area contributed by atoms with Crippen LogP contribution in [0.15, 0.2) is 12.2 Å². The summed E-state index contributed by atoms with van der Waals surface area (Å²) in [7, 11) is 0. The van der Waals surface area contributed by atoms with Gasteiger partial charge in [0.1, 0.15) is 0 Å². The maximum Gasteiger partial charge on any atom is 0.220 e. The Labute approximate surface area is 295 Å². The fourth-order valence-electron chi connectivity index (χ4n) is 6.70. The number of amides is 1. The molecule has 1 amide bonds. The molecule has 0 bridgehead atoms. The van der Waals surface area contributed by atoms with Crippen molar-refractivity contribution in [3.8, 4) is 0 Å². The minimum absolute atomic E-state index is 0.0504. The van der Waals surface area contributed by atoms with Crippen molar-refractivity contribution in [2.45, 2.75) is 251 Å². The summed E-state index contributed by atoms with van der Waals surface area (Å²) in [5.74, 6) is -0.0504. The highest BCUT2D eigenvalue weighted by molar-refractivity contribution is 5.76.